The molecule has 0 saturated carbocycles. The van der Waals surface area contributed by atoms with E-state index >= 15 is 0 Å². The molecule has 96 valence electrons. The van der Waals surface area contributed by atoms with Crippen molar-refractivity contribution in [2.24, 2.45) is 0 Å². The summed E-state index contributed by atoms with van der Waals surface area (Å²) in [6, 6.07) is 3.50. The quantitative estimate of drug-likeness (QED) is 0.663. The number of nitrogens with zero attached hydrogens (tertiary/aromatic N) is 1. The first kappa shape index (κ1) is 11.4. The van der Waals surface area contributed by atoms with Gasteiger partial charge in [0.05, 0.1) is 23.2 Å². The Bertz CT molecular complexity index is 494. The maximum absolute atomic E-state index is 13.2. The fourth-order valence-electron chi connectivity index (χ4n) is 2.77. The number of ether oxygens (including phenoxy) is 1. The van der Waals surface area contributed by atoms with Crippen LogP contribution >= 0.6 is 0 Å². The molecule has 2 aliphatic rings. The Morgan fingerprint density at radius 2 is 2.28 bits per heavy atom. The van der Waals surface area contributed by atoms with Gasteiger partial charge in [-0.05, 0) is 25.3 Å². The SMILES string of the molecule is O=[N+]([O-])c1ccc(F)cc1NC1CC2CCC1O2. The Kier molecular flexibility index (Phi) is 2.66. The molecule has 2 fully saturated rings. The highest BCUT2D eigenvalue weighted by Crippen LogP contribution is 2.37. The second-order valence-corrected chi connectivity index (χ2v) is 4.78. The molecule has 2 aliphatic heterocycles. The normalized spacial score (nSPS) is 29.5. The van der Waals surface area contributed by atoms with Gasteiger partial charge < -0.3 is 10.1 Å². The topological polar surface area (TPSA) is 64.4 Å². The highest BCUT2D eigenvalue weighted by atomic mass is 19.1. The zero-order valence-electron chi connectivity index (χ0n) is 9.64. The van der Waals surface area contributed by atoms with Crippen molar-refractivity contribution in [1.29, 1.82) is 0 Å². The number of halogens is 1. The molecular formula is C12H13FN2O3. The summed E-state index contributed by atoms with van der Waals surface area (Å²) in [7, 11) is 0. The molecule has 0 aliphatic carbocycles. The van der Waals surface area contributed by atoms with E-state index < -0.39 is 10.7 Å². The average Bonchev–Trinajstić information content (AvgIpc) is 2.90. The zero-order chi connectivity index (χ0) is 12.7. The minimum absolute atomic E-state index is 0.0456. The minimum atomic E-state index is -0.504. The Morgan fingerprint density at radius 3 is 2.89 bits per heavy atom. The Balaban J connectivity index is 1.83. The maximum atomic E-state index is 13.2. The van der Waals surface area contributed by atoms with Gasteiger partial charge in [-0.25, -0.2) is 4.39 Å². The highest BCUT2D eigenvalue weighted by molar-refractivity contribution is 5.62. The van der Waals surface area contributed by atoms with E-state index in [0.29, 0.717) is 0 Å². The van der Waals surface area contributed by atoms with Crippen LogP contribution in [0, 0.1) is 15.9 Å². The summed E-state index contributed by atoms with van der Waals surface area (Å²) in [5, 5.41) is 13.9. The lowest BCUT2D eigenvalue weighted by Crippen LogP contribution is -2.30. The van der Waals surface area contributed by atoms with Crippen molar-refractivity contribution in [2.45, 2.75) is 37.5 Å². The van der Waals surface area contributed by atoms with Crippen LogP contribution in [0.5, 0.6) is 0 Å². The molecule has 2 saturated heterocycles. The molecule has 1 aromatic rings. The van der Waals surface area contributed by atoms with Gasteiger partial charge in [0.1, 0.15) is 11.5 Å². The number of nitro benzene ring substituents is 1. The third-order valence-electron chi connectivity index (χ3n) is 3.60. The number of rotatable bonds is 3. The van der Waals surface area contributed by atoms with Crippen LogP contribution in [0.2, 0.25) is 0 Å². The van der Waals surface area contributed by atoms with Crippen molar-refractivity contribution in [2.75, 3.05) is 5.32 Å². The fraction of sp³-hybridized carbons (Fsp3) is 0.500. The number of hydrogen-bond donors (Lipinski definition) is 1. The van der Waals surface area contributed by atoms with Crippen LogP contribution in [0.3, 0.4) is 0 Å². The maximum Gasteiger partial charge on any atom is 0.292 e. The molecule has 1 aromatic carbocycles. The van der Waals surface area contributed by atoms with Crippen molar-refractivity contribution in [1.82, 2.24) is 0 Å². The van der Waals surface area contributed by atoms with Gasteiger partial charge in [0.2, 0.25) is 0 Å². The molecule has 0 amide bonds. The van der Waals surface area contributed by atoms with Crippen LogP contribution in [-0.2, 0) is 4.74 Å². The van der Waals surface area contributed by atoms with Gasteiger partial charge in [-0.1, -0.05) is 0 Å². The summed E-state index contributed by atoms with van der Waals surface area (Å²) in [5.74, 6) is -0.479. The molecule has 18 heavy (non-hydrogen) atoms. The lowest BCUT2D eigenvalue weighted by atomic mass is 9.95. The second-order valence-electron chi connectivity index (χ2n) is 4.78. The molecule has 3 atom stereocenters. The number of anilines is 1. The Hall–Kier alpha value is -1.69. The van der Waals surface area contributed by atoms with Gasteiger partial charge in [-0.15, -0.1) is 0 Å². The van der Waals surface area contributed by atoms with E-state index in [9.17, 15) is 14.5 Å². The van der Waals surface area contributed by atoms with Crippen molar-refractivity contribution in [3.8, 4) is 0 Å². The van der Waals surface area contributed by atoms with Crippen LogP contribution in [0.25, 0.3) is 0 Å². The minimum Gasteiger partial charge on any atom is -0.374 e. The predicted molar refractivity (Wildman–Crippen MR) is 63.0 cm³/mol. The first-order chi connectivity index (χ1) is 8.63. The predicted octanol–water partition coefficient (Wildman–Crippen LogP) is 2.47. The van der Waals surface area contributed by atoms with E-state index in [0.717, 1.165) is 25.3 Å². The molecule has 2 bridgehead atoms. The summed E-state index contributed by atoms with van der Waals surface area (Å²) in [6.07, 6.45) is 3.19. The molecule has 0 aromatic heterocycles. The van der Waals surface area contributed by atoms with Gasteiger partial charge in [0.25, 0.3) is 5.69 Å². The third-order valence-corrected chi connectivity index (χ3v) is 3.60. The number of nitrogens with one attached hydrogen (secondary N) is 1. The standard InChI is InChI=1S/C12H13FN2O3/c13-7-1-3-11(15(16)17)9(5-7)14-10-6-8-2-4-12(10)18-8/h1,3,5,8,10,12,14H,2,4,6H2. The third kappa shape index (κ3) is 1.92. The summed E-state index contributed by atoms with van der Waals surface area (Å²) < 4.78 is 18.8. The lowest BCUT2D eigenvalue weighted by Gasteiger charge is -2.21. The molecular weight excluding hydrogens is 239 g/mol. The smallest absolute Gasteiger partial charge is 0.292 e. The van der Waals surface area contributed by atoms with Crippen molar-refractivity contribution in [3.05, 3.63) is 34.1 Å². The second kappa shape index (κ2) is 4.20. The summed E-state index contributed by atoms with van der Waals surface area (Å²) in [6.45, 7) is 0. The van der Waals surface area contributed by atoms with E-state index in [1.54, 1.807) is 0 Å². The van der Waals surface area contributed by atoms with Crippen molar-refractivity contribution >= 4 is 11.4 Å². The monoisotopic (exact) mass is 252 g/mol. The van der Waals surface area contributed by atoms with E-state index in [-0.39, 0.29) is 29.6 Å². The summed E-state index contributed by atoms with van der Waals surface area (Å²) >= 11 is 0. The lowest BCUT2D eigenvalue weighted by molar-refractivity contribution is -0.384. The van der Waals surface area contributed by atoms with E-state index in [1.807, 2.05) is 0 Å². The van der Waals surface area contributed by atoms with Gasteiger partial charge in [-0.3, -0.25) is 10.1 Å². The summed E-state index contributed by atoms with van der Waals surface area (Å²) in [4.78, 5) is 10.4. The number of nitro groups is 1. The average molecular weight is 252 g/mol. The first-order valence-electron chi connectivity index (χ1n) is 5.99. The number of hydrogen-bond acceptors (Lipinski definition) is 4. The first-order valence-corrected chi connectivity index (χ1v) is 5.99. The molecule has 2 heterocycles. The fourth-order valence-corrected chi connectivity index (χ4v) is 2.77. The molecule has 1 N–H and O–H groups in total. The van der Waals surface area contributed by atoms with Crippen molar-refractivity contribution in [3.63, 3.8) is 0 Å². The van der Waals surface area contributed by atoms with E-state index in [2.05, 4.69) is 5.32 Å². The molecule has 0 spiro atoms. The largest absolute Gasteiger partial charge is 0.374 e. The summed E-state index contributed by atoms with van der Waals surface area (Å²) in [5.41, 5.74) is 0.139. The highest BCUT2D eigenvalue weighted by Gasteiger charge is 2.41. The molecule has 5 nitrogen and oxygen atoms in total. The van der Waals surface area contributed by atoms with Gasteiger partial charge >= 0.3 is 0 Å². The van der Waals surface area contributed by atoms with E-state index in [4.69, 9.17) is 4.74 Å². The molecule has 3 unspecified atom stereocenters. The molecule has 6 heteroatoms. The Labute approximate surface area is 103 Å². The van der Waals surface area contributed by atoms with Gasteiger partial charge in [0, 0.05) is 12.1 Å². The van der Waals surface area contributed by atoms with Crippen LogP contribution in [0.1, 0.15) is 19.3 Å². The number of benzene rings is 1. The van der Waals surface area contributed by atoms with Crippen LogP contribution in [0.4, 0.5) is 15.8 Å². The van der Waals surface area contributed by atoms with Gasteiger partial charge in [0.15, 0.2) is 0 Å². The Morgan fingerprint density at radius 1 is 1.44 bits per heavy atom. The van der Waals surface area contributed by atoms with Gasteiger partial charge in [-0.2, -0.15) is 0 Å². The van der Waals surface area contributed by atoms with Crippen LogP contribution in [-0.4, -0.2) is 23.2 Å². The van der Waals surface area contributed by atoms with Crippen LogP contribution in [0.15, 0.2) is 18.2 Å². The molecule has 0 radical (unpaired) electrons. The molecule has 3 rings (SSSR count). The van der Waals surface area contributed by atoms with E-state index in [1.165, 1.54) is 12.1 Å². The number of fused-ring (bicyclic) bond motifs is 2. The van der Waals surface area contributed by atoms with Crippen LogP contribution < -0.4 is 5.32 Å². The van der Waals surface area contributed by atoms with Crippen molar-refractivity contribution < 1.29 is 14.1 Å². The zero-order valence-corrected chi connectivity index (χ0v) is 9.64.